The lowest BCUT2D eigenvalue weighted by Gasteiger charge is -2.11. The van der Waals surface area contributed by atoms with Gasteiger partial charge >= 0.3 is 0 Å². The van der Waals surface area contributed by atoms with Crippen LogP contribution in [0.25, 0.3) is 22.2 Å². The summed E-state index contributed by atoms with van der Waals surface area (Å²) in [6.45, 7) is 6.20. The van der Waals surface area contributed by atoms with Crippen LogP contribution in [-0.4, -0.2) is 10.2 Å². The summed E-state index contributed by atoms with van der Waals surface area (Å²) < 4.78 is 0. The third-order valence-electron chi connectivity index (χ3n) is 4.15. The van der Waals surface area contributed by atoms with Crippen molar-refractivity contribution in [3.63, 3.8) is 0 Å². The molecule has 116 valence electrons. The highest BCUT2D eigenvalue weighted by Crippen LogP contribution is 2.29. The van der Waals surface area contributed by atoms with Crippen LogP contribution in [0.4, 0.5) is 0 Å². The molecule has 0 atom stereocenters. The number of rotatable bonds is 3. The van der Waals surface area contributed by atoms with Crippen LogP contribution >= 0.6 is 11.6 Å². The van der Waals surface area contributed by atoms with Crippen LogP contribution in [0.3, 0.4) is 0 Å². The molecule has 0 aliphatic carbocycles. The van der Waals surface area contributed by atoms with Crippen molar-refractivity contribution in [1.82, 2.24) is 4.98 Å². The van der Waals surface area contributed by atoms with E-state index in [1.165, 1.54) is 5.56 Å². The lowest BCUT2D eigenvalue weighted by Crippen LogP contribution is -1.98. The Labute approximate surface area is 141 Å². The fourth-order valence-electron chi connectivity index (χ4n) is 2.89. The molecule has 2 aromatic carbocycles. The number of aromatic nitrogens is 1. The first-order chi connectivity index (χ1) is 11.0. The number of pyridine rings is 1. The minimum absolute atomic E-state index is 0.448. The van der Waals surface area contributed by atoms with Crippen LogP contribution in [0.2, 0.25) is 0 Å². The number of carbonyl (C=O) groups excluding carboxylic acids is 1. The standard InChI is InChI=1S/C20H18ClNO/c1-4-14-6-8-18-16(10-14)17(20(21)23)11-19(22-18)15-7-5-12(2)9-13(15)3/h5-11H,4H2,1-3H3. The Bertz CT molecular complexity index is 915. The average molecular weight is 324 g/mol. The summed E-state index contributed by atoms with van der Waals surface area (Å²) in [7, 11) is 0. The number of hydrogen-bond donors (Lipinski definition) is 0. The van der Waals surface area contributed by atoms with Gasteiger partial charge in [-0.1, -0.05) is 36.8 Å². The Balaban J connectivity index is 2.29. The molecule has 0 aliphatic rings. The molecule has 0 N–H and O–H groups in total. The van der Waals surface area contributed by atoms with E-state index in [-0.39, 0.29) is 0 Å². The molecule has 0 spiro atoms. The van der Waals surface area contributed by atoms with E-state index >= 15 is 0 Å². The molecule has 3 rings (SSSR count). The highest BCUT2D eigenvalue weighted by atomic mass is 35.5. The van der Waals surface area contributed by atoms with E-state index in [1.807, 2.05) is 24.3 Å². The van der Waals surface area contributed by atoms with Crippen molar-refractivity contribution >= 4 is 27.7 Å². The number of aryl methyl sites for hydroxylation is 3. The van der Waals surface area contributed by atoms with E-state index in [9.17, 15) is 4.79 Å². The Morgan fingerprint density at radius 3 is 2.52 bits per heavy atom. The molecule has 0 aliphatic heterocycles. The van der Waals surface area contributed by atoms with Gasteiger partial charge in [-0.15, -0.1) is 0 Å². The first-order valence-corrected chi connectivity index (χ1v) is 8.08. The maximum Gasteiger partial charge on any atom is 0.253 e. The van der Waals surface area contributed by atoms with Crippen molar-refractivity contribution in [3.8, 4) is 11.3 Å². The predicted molar refractivity (Wildman–Crippen MR) is 96.2 cm³/mol. The average Bonchev–Trinajstić information content (AvgIpc) is 2.53. The molecule has 1 heterocycles. The Hall–Kier alpha value is -2.19. The summed E-state index contributed by atoms with van der Waals surface area (Å²) in [5.41, 5.74) is 6.62. The highest BCUT2D eigenvalue weighted by Gasteiger charge is 2.14. The van der Waals surface area contributed by atoms with Gasteiger partial charge in [0.2, 0.25) is 0 Å². The van der Waals surface area contributed by atoms with Gasteiger partial charge in [-0.3, -0.25) is 4.79 Å². The second-order valence-electron chi connectivity index (χ2n) is 5.85. The Kier molecular flexibility index (Phi) is 4.18. The van der Waals surface area contributed by atoms with Crippen molar-refractivity contribution in [2.45, 2.75) is 27.2 Å². The summed E-state index contributed by atoms with van der Waals surface area (Å²) in [5.74, 6) is 0. The van der Waals surface area contributed by atoms with Crippen LogP contribution in [0.1, 0.15) is 34.0 Å². The number of hydrogen-bond acceptors (Lipinski definition) is 2. The fraction of sp³-hybridized carbons (Fsp3) is 0.200. The lowest BCUT2D eigenvalue weighted by molar-refractivity contribution is 0.108. The van der Waals surface area contributed by atoms with Crippen LogP contribution in [-0.2, 0) is 6.42 Å². The molecule has 0 amide bonds. The zero-order valence-corrected chi connectivity index (χ0v) is 14.2. The van der Waals surface area contributed by atoms with Crippen molar-refractivity contribution in [3.05, 3.63) is 64.7 Å². The van der Waals surface area contributed by atoms with Crippen molar-refractivity contribution in [2.75, 3.05) is 0 Å². The Morgan fingerprint density at radius 2 is 1.87 bits per heavy atom. The fourth-order valence-corrected chi connectivity index (χ4v) is 3.05. The van der Waals surface area contributed by atoms with E-state index in [0.717, 1.165) is 39.7 Å². The highest BCUT2D eigenvalue weighted by molar-refractivity contribution is 6.68. The summed E-state index contributed by atoms with van der Waals surface area (Å²) in [4.78, 5) is 16.7. The minimum Gasteiger partial charge on any atom is -0.276 e. The topological polar surface area (TPSA) is 30.0 Å². The second-order valence-corrected chi connectivity index (χ2v) is 6.20. The van der Waals surface area contributed by atoms with Gasteiger partial charge in [-0.05, 0) is 61.2 Å². The summed E-state index contributed by atoms with van der Waals surface area (Å²) in [5, 5.41) is 0.370. The molecule has 3 aromatic rings. The van der Waals surface area contributed by atoms with E-state index in [4.69, 9.17) is 16.6 Å². The normalized spacial score (nSPS) is 11.0. The van der Waals surface area contributed by atoms with E-state index < -0.39 is 5.24 Å². The lowest BCUT2D eigenvalue weighted by atomic mass is 9.99. The minimum atomic E-state index is -0.448. The maximum atomic E-state index is 11.9. The second kappa shape index (κ2) is 6.13. The third kappa shape index (κ3) is 2.99. The van der Waals surface area contributed by atoms with Crippen molar-refractivity contribution in [2.24, 2.45) is 0 Å². The zero-order valence-electron chi connectivity index (χ0n) is 13.5. The van der Waals surface area contributed by atoms with Gasteiger partial charge in [0.15, 0.2) is 0 Å². The number of nitrogens with zero attached hydrogens (tertiary/aromatic N) is 1. The maximum absolute atomic E-state index is 11.9. The third-order valence-corrected chi connectivity index (χ3v) is 4.35. The molecule has 0 radical (unpaired) electrons. The van der Waals surface area contributed by atoms with Crippen molar-refractivity contribution < 1.29 is 4.79 Å². The van der Waals surface area contributed by atoms with E-state index in [1.54, 1.807) is 6.07 Å². The summed E-state index contributed by atoms with van der Waals surface area (Å²) in [6, 6.07) is 14.0. The molecular weight excluding hydrogens is 306 g/mol. The molecule has 2 nitrogen and oxygen atoms in total. The van der Waals surface area contributed by atoms with Gasteiger partial charge in [0.25, 0.3) is 5.24 Å². The first-order valence-electron chi connectivity index (χ1n) is 7.70. The van der Waals surface area contributed by atoms with Crippen LogP contribution in [0.5, 0.6) is 0 Å². The molecular formula is C20H18ClNO. The quantitative estimate of drug-likeness (QED) is 0.599. The Morgan fingerprint density at radius 1 is 1.09 bits per heavy atom. The molecule has 0 bridgehead atoms. The van der Waals surface area contributed by atoms with Gasteiger partial charge in [0, 0.05) is 16.5 Å². The molecule has 1 aromatic heterocycles. The number of benzene rings is 2. The van der Waals surface area contributed by atoms with Crippen molar-refractivity contribution in [1.29, 1.82) is 0 Å². The number of halogens is 1. The smallest absolute Gasteiger partial charge is 0.253 e. The molecule has 0 fully saturated rings. The van der Waals surface area contributed by atoms with Gasteiger partial charge in [0.05, 0.1) is 11.2 Å². The van der Waals surface area contributed by atoms with Gasteiger partial charge < -0.3 is 0 Å². The van der Waals surface area contributed by atoms with E-state index in [2.05, 4.69) is 32.9 Å². The van der Waals surface area contributed by atoms with E-state index in [0.29, 0.717) is 5.56 Å². The van der Waals surface area contributed by atoms with Gasteiger partial charge in [-0.25, -0.2) is 4.98 Å². The summed E-state index contributed by atoms with van der Waals surface area (Å²) >= 11 is 5.84. The summed E-state index contributed by atoms with van der Waals surface area (Å²) in [6.07, 6.45) is 0.907. The predicted octanol–water partition coefficient (Wildman–Crippen LogP) is 5.46. The van der Waals surface area contributed by atoms with Crippen LogP contribution in [0, 0.1) is 13.8 Å². The first kappa shape index (κ1) is 15.7. The van der Waals surface area contributed by atoms with Gasteiger partial charge in [-0.2, -0.15) is 0 Å². The molecule has 0 saturated carbocycles. The molecule has 23 heavy (non-hydrogen) atoms. The van der Waals surface area contributed by atoms with Gasteiger partial charge in [0.1, 0.15) is 0 Å². The monoisotopic (exact) mass is 323 g/mol. The van der Waals surface area contributed by atoms with Crippen LogP contribution < -0.4 is 0 Å². The number of carbonyl (C=O) groups is 1. The molecule has 0 unspecified atom stereocenters. The zero-order chi connectivity index (χ0) is 16.6. The molecule has 3 heteroatoms. The number of fused-ring (bicyclic) bond motifs is 1. The molecule has 0 saturated heterocycles. The SMILES string of the molecule is CCc1ccc2nc(-c3ccc(C)cc3C)cc(C(=O)Cl)c2c1. The van der Waals surface area contributed by atoms with Crippen LogP contribution in [0.15, 0.2) is 42.5 Å². The largest absolute Gasteiger partial charge is 0.276 e.